The number of hydrogen-bond acceptors (Lipinski definition) is 4. The van der Waals surface area contributed by atoms with Gasteiger partial charge in [-0.2, -0.15) is 0 Å². The van der Waals surface area contributed by atoms with Gasteiger partial charge in [0, 0.05) is 38.6 Å². The molecule has 0 fully saturated rings. The number of carbonyl (C=O) groups is 1. The Morgan fingerprint density at radius 2 is 2.04 bits per heavy atom. The first-order valence-corrected chi connectivity index (χ1v) is 8.94. The van der Waals surface area contributed by atoms with Crippen LogP contribution in [0.1, 0.15) is 46.9 Å². The maximum Gasteiger partial charge on any atom is 0.240 e. The van der Waals surface area contributed by atoms with Gasteiger partial charge in [-0.1, -0.05) is 13.8 Å². The zero-order chi connectivity index (χ0) is 18.9. The molecule has 0 radical (unpaired) electrons. The van der Waals surface area contributed by atoms with Gasteiger partial charge in [0.1, 0.15) is 12.2 Å². The molecule has 150 valence electrons. The van der Waals surface area contributed by atoms with Gasteiger partial charge < -0.3 is 20.1 Å². The summed E-state index contributed by atoms with van der Waals surface area (Å²) in [5, 5.41) is 14.3. The molecule has 0 aliphatic heterocycles. The monoisotopic (exact) mass is 479 g/mol. The van der Waals surface area contributed by atoms with Crippen molar-refractivity contribution in [3.05, 3.63) is 12.2 Å². The molecule has 0 spiro atoms. The Hall–Kier alpha value is -1.39. The summed E-state index contributed by atoms with van der Waals surface area (Å²) in [6.07, 6.45) is 3.55. The number of nitrogens with zero attached hydrogens (tertiary/aromatic N) is 5. The SMILES string of the molecule is CCCN=C(NCCn1cnnc1CC)N(C)CC(=O)NC(C)(C)C.I. The van der Waals surface area contributed by atoms with E-state index in [1.807, 2.05) is 37.3 Å². The van der Waals surface area contributed by atoms with E-state index < -0.39 is 0 Å². The normalized spacial score (nSPS) is 11.7. The number of aromatic nitrogens is 3. The third-order valence-corrected chi connectivity index (χ3v) is 3.39. The highest BCUT2D eigenvalue weighted by Crippen LogP contribution is 1.99. The minimum atomic E-state index is -0.239. The number of carbonyl (C=O) groups excluding carboxylic acids is 1. The highest BCUT2D eigenvalue weighted by molar-refractivity contribution is 14.0. The van der Waals surface area contributed by atoms with Gasteiger partial charge in [0.25, 0.3) is 0 Å². The van der Waals surface area contributed by atoms with Crippen molar-refractivity contribution in [2.24, 2.45) is 4.99 Å². The van der Waals surface area contributed by atoms with Crippen LogP contribution in [-0.4, -0.2) is 63.8 Å². The van der Waals surface area contributed by atoms with Gasteiger partial charge in [-0.15, -0.1) is 34.2 Å². The Morgan fingerprint density at radius 3 is 2.62 bits per heavy atom. The lowest BCUT2D eigenvalue weighted by Crippen LogP contribution is -2.49. The molecule has 0 unspecified atom stereocenters. The maximum atomic E-state index is 12.1. The van der Waals surface area contributed by atoms with Crippen LogP contribution in [0.3, 0.4) is 0 Å². The van der Waals surface area contributed by atoms with Crippen molar-refractivity contribution in [2.75, 3.05) is 26.7 Å². The number of nitrogens with one attached hydrogen (secondary N) is 2. The molecule has 1 amide bonds. The molecule has 0 saturated heterocycles. The van der Waals surface area contributed by atoms with Crippen LogP contribution in [0, 0.1) is 0 Å². The zero-order valence-electron chi connectivity index (χ0n) is 16.9. The molecule has 0 aliphatic rings. The van der Waals surface area contributed by atoms with E-state index in [0.717, 1.165) is 37.7 Å². The Balaban J connectivity index is 0.00000625. The number of hydrogen-bond donors (Lipinski definition) is 2. The van der Waals surface area contributed by atoms with E-state index in [9.17, 15) is 4.79 Å². The van der Waals surface area contributed by atoms with Crippen LogP contribution in [-0.2, 0) is 17.8 Å². The van der Waals surface area contributed by atoms with Crippen LogP contribution in [0.4, 0.5) is 0 Å². The predicted octanol–water partition coefficient (Wildman–Crippen LogP) is 1.66. The Kier molecular flexibility index (Phi) is 11.4. The lowest BCUT2D eigenvalue weighted by molar-refractivity contribution is -0.122. The Morgan fingerprint density at radius 1 is 1.35 bits per heavy atom. The Labute approximate surface area is 174 Å². The molecule has 1 aromatic heterocycles. The third-order valence-electron chi connectivity index (χ3n) is 3.39. The largest absolute Gasteiger partial charge is 0.354 e. The van der Waals surface area contributed by atoms with E-state index in [0.29, 0.717) is 6.54 Å². The molecule has 2 N–H and O–H groups in total. The number of aliphatic imine (C=N–C) groups is 1. The third kappa shape index (κ3) is 9.35. The molecule has 0 aliphatic carbocycles. The van der Waals surface area contributed by atoms with Crippen LogP contribution in [0.2, 0.25) is 0 Å². The topological polar surface area (TPSA) is 87.4 Å². The molecule has 0 saturated carbocycles. The van der Waals surface area contributed by atoms with Gasteiger partial charge in [-0.05, 0) is 27.2 Å². The van der Waals surface area contributed by atoms with E-state index in [4.69, 9.17) is 0 Å². The molecule has 1 heterocycles. The second-order valence-electron chi connectivity index (χ2n) is 7.08. The van der Waals surface area contributed by atoms with E-state index >= 15 is 0 Å². The highest BCUT2D eigenvalue weighted by Gasteiger charge is 2.16. The molecule has 0 atom stereocenters. The zero-order valence-corrected chi connectivity index (χ0v) is 19.2. The molecule has 1 rings (SSSR count). The van der Waals surface area contributed by atoms with Crippen molar-refractivity contribution >= 4 is 35.8 Å². The number of likely N-dealkylation sites (N-methyl/N-ethyl adjacent to an activating group) is 1. The smallest absolute Gasteiger partial charge is 0.240 e. The summed E-state index contributed by atoms with van der Waals surface area (Å²) in [5.41, 5.74) is -0.239. The van der Waals surface area contributed by atoms with Crippen LogP contribution in [0.25, 0.3) is 0 Å². The fraction of sp³-hybridized carbons (Fsp3) is 0.765. The molecule has 26 heavy (non-hydrogen) atoms. The van der Waals surface area contributed by atoms with E-state index in [1.54, 1.807) is 6.33 Å². The number of amides is 1. The molecular formula is C17H34IN7O. The van der Waals surface area contributed by atoms with Gasteiger partial charge in [-0.25, -0.2) is 0 Å². The lowest BCUT2D eigenvalue weighted by Gasteiger charge is -2.25. The van der Waals surface area contributed by atoms with E-state index in [1.165, 1.54) is 0 Å². The van der Waals surface area contributed by atoms with Crippen molar-refractivity contribution in [1.29, 1.82) is 0 Å². The van der Waals surface area contributed by atoms with Crippen LogP contribution >= 0.6 is 24.0 Å². The Bertz CT molecular complexity index is 566. The van der Waals surface area contributed by atoms with Crippen LogP contribution in [0.5, 0.6) is 0 Å². The highest BCUT2D eigenvalue weighted by atomic mass is 127. The summed E-state index contributed by atoms with van der Waals surface area (Å²) in [7, 11) is 1.87. The van der Waals surface area contributed by atoms with Crippen molar-refractivity contribution in [1.82, 2.24) is 30.3 Å². The summed E-state index contributed by atoms with van der Waals surface area (Å²) in [5.74, 6) is 1.68. The number of guanidine groups is 1. The molecule has 0 bridgehead atoms. The fourth-order valence-corrected chi connectivity index (χ4v) is 2.30. The lowest BCUT2D eigenvalue weighted by atomic mass is 10.1. The van der Waals surface area contributed by atoms with E-state index in [2.05, 4.69) is 39.7 Å². The second-order valence-corrected chi connectivity index (χ2v) is 7.08. The van der Waals surface area contributed by atoms with Crippen molar-refractivity contribution in [3.8, 4) is 0 Å². The van der Waals surface area contributed by atoms with Gasteiger partial charge in [0.15, 0.2) is 5.96 Å². The minimum Gasteiger partial charge on any atom is -0.354 e. The van der Waals surface area contributed by atoms with Gasteiger partial charge in [0.2, 0.25) is 5.91 Å². The molecule has 0 aromatic carbocycles. The van der Waals surface area contributed by atoms with Gasteiger partial charge in [-0.3, -0.25) is 9.79 Å². The minimum absolute atomic E-state index is 0. The summed E-state index contributed by atoms with van der Waals surface area (Å²) in [4.78, 5) is 18.6. The quantitative estimate of drug-likeness (QED) is 0.337. The average Bonchev–Trinajstić information content (AvgIpc) is 2.95. The van der Waals surface area contributed by atoms with E-state index in [-0.39, 0.29) is 42.0 Å². The van der Waals surface area contributed by atoms with Crippen LogP contribution < -0.4 is 10.6 Å². The van der Waals surface area contributed by atoms with Crippen molar-refractivity contribution in [3.63, 3.8) is 0 Å². The standard InChI is InChI=1S/C17H33N7O.HI/c1-7-9-18-16(23(6)12-15(25)21-17(3,4)5)19-10-11-24-13-20-22-14(24)8-2;/h13H,7-12H2,1-6H3,(H,18,19)(H,21,25);1H. The molecule has 1 aromatic rings. The fourth-order valence-electron chi connectivity index (χ4n) is 2.30. The van der Waals surface area contributed by atoms with Gasteiger partial charge in [0.05, 0.1) is 6.54 Å². The summed E-state index contributed by atoms with van der Waals surface area (Å²) in [6, 6.07) is 0. The number of halogens is 1. The van der Waals surface area contributed by atoms with Gasteiger partial charge >= 0.3 is 0 Å². The summed E-state index contributed by atoms with van der Waals surface area (Å²) in [6.45, 7) is 12.5. The predicted molar refractivity (Wildman–Crippen MR) is 116 cm³/mol. The summed E-state index contributed by atoms with van der Waals surface area (Å²) >= 11 is 0. The van der Waals surface area contributed by atoms with Crippen molar-refractivity contribution in [2.45, 2.75) is 59.5 Å². The molecular weight excluding hydrogens is 445 g/mol. The summed E-state index contributed by atoms with van der Waals surface area (Å²) < 4.78 is 2.02. The second kappa shape index (κ2) is 12.1. The first-order chi connectivity index (χ1) is 11.8. The van der Waals surface area contributed by atoms with Crippen molar-refractivity contribution < 1.29 is 4.79 Å². The first kappa shape index (κ1) is 24.6. The number of aryl methyl sites for hydroxylation is 1. The molecule has 9 heteroatoms. The van der Waals surface area contributed by atoms with Crippen LogP contribution in [0.15, 0.2) is 11.3 Å². The number of rotatable bonds is 8. The maximum absolute atomic E-state index is 12.1. The molecule has 8 nitrogen and oxygen atoms in total. The average molecular weight is 479 g/mol. The first-order valence-electron chi connectivity index (χ1n) is 8.94.